The van der Waals surface area contributed by atoms with E-state index in [1.54, 1.807) is 0 Å². The molecule has 18 heavy (non-hydrogen) atoms. The lowest BCUT2D eigenvalue weighted by molar-refractivity contribution is -0.140. The van der Waals surface area contributed by atoms with Crippen molar-refractivity contribution in [1.29, 1.82) is 0 Å². The summed E-state index contributed by atoms with van der Waals surface area (Å²) in [6, 6.07) is 4.01. The molecular formula is C11H12FN3O3. The molecule has 1 aromatic rings. The number of hydrogen-bond donors (Lipinski definition) is 2. The van der Waals surface area contributed by atoms with E-state index < -0.39 is 11.8 Å². The van der Waals surface area contributed by atoms with Gasteiger partial charge in [-0.05, 0) is 12.1 Å². The van der Waals surface area contributed by atoms with Crippen molar-refractivity contribution < 1.29 is 18.8 Å². The molecule has 0 fully saturated rings. The number of amides is 1. The second kappa shape index (κ2) is 5.76. The summed E-state index contributed by atoms with van der Waals surface area (Å²) in [4.78, 5) is 25.9. The van der Waals surface area contributed by atoms with E-state index in [-0.39, 0.29) is 23.0 Å². The van der Waals surface area contributed by atoms with Crippen LogP contribution >= 0.6 is 0 Å². The monoisotopic (exact) mass is 253 g/mol. The fraction of sp³-hybridized carbons (Fsp3) is 0.182. The van der Waals surface area contributed by atoms with Crippen molar-refractivity contribution in [2.24, 2.45) is 10.9 Å². The Hall–Kier alpha value is -2.44. The number of carbonyl (C=O) groups is 2. The molecule has 1 rings (SSSR count). The number of nitrogens with two attached hydrogens (primary N) is 1. The third-order valence-electron chi connectivity index (χ3n) is 1.85. The molecule has 3 N–H and O–H groups in total. The lowest BCUT2D eigenvalue weighted by Crippen LogP contribution is -2.20. The Bertz CT molecular complexity index is 514. The molecule has 96 valence electrons. The maximum Gasteiger partial charge on any atom is 0.332 e. The molecule has 0 unspecified atom stereocenters. The molecule has 0 bridgehead atoms. The quantitative estimate of drug-likeness (QED) is 0.363. The summed E-state index contributed by atoms with van der Waals surface area (Å²) in [6.45, 7) is 2.40. The Balaban J connectivity index is 3.16. The SMILES string of the molecule is CC(=O)Nc1cccc(F)c1/C(N)=N/OC(C)=O. The fourth-order valence-corrected chi connectivity index (χ4v) is 1.24. The number of anilines is 1. The van der Waals surface area contributed by atoms with Crippen molar-refractivity contribution in [3.05, 3.63) is 29.6 Å². The number of benzene rings is 1. The molecule has 0 atom stereocenters. The minimum absolute atomic E-state index is 0.131. The number of hydrogen-bond acceptors (Lipinski definition) is 4. The first-order valence-electron chi connectivity index (χ1n) is 4.99. The van der Waals surface area contributed by atoms with Crippen molar-refractivity contribution in [2.45, 2.75) is 13.8 Å². The second-order valence-corrected chi connectivity index (χ2v) is 3.40. The van der Waals surface area contributed by atoms with Crippen LogP contribution in [0.2, 0.25) is 0 Å². The molecule has 0 radical (unpaired) electrons. The molecule has 0 heterocycles. The van der Waals surface area contributed by atoms with E-state index in [2.05, 4.69) is 15.3 Å². The number of rotatable bonds is 3. The van der Waals surface area contributed by atoms with Gasteiger partial charge in [0.25, 0.3) is 0 Å². The molecule has 0 spiro atoms. The van der Waals surface area contributed by atoms with E-state index in [4.69, 9.17) is 5.73 Å². The molecule has 7 heteroatoms. The topological polar surface area (TPSA) is 93.8 Å². The summed E-state index contributed by atoms with van der Waals surface area (Å²) in [5.74, 6) is -2.10. The minimum atomic E-state index is -0.686. The van der Waals surface area contributed by atoms with E-state index in [1.165, 1.54) is 19.1 Å². The molecule has 0 aromatic heterocycles. The minimum Gasteiger partial charge on any atom is -0.380 e. The Labute approximate surface area is 103 Å². The zero-order chi connectivity index (χ0) is 13.7. The van der Waals surface area contributed by atoms with Crippen LogP contribution in [-0.4, -0.2) is 17.7 Å². The number of carbonyl (C=O) groups excluding carboxylic acids is 2. The van der Waals surface area contributed by atoms with Crippen molar-refractivity contribution >= 4 is 23.4 Å². The molecule has 1 amide bonds. The first-order chi connectivity index (χ1) is 8.41. The van der Waals surface area contributed by atoms with E-state index >= 15 is 0 Å². The fourth-order valence-electron chi connectivity index (χ4n) is 1.24. The van der Waals surface area contributed by atoms with Gasteiger partial charge in [-0.15, -0.1) is 0 Å². The average Bonchev–Trinajstić information content (AvgIpc) is 2.25. The molecule has 0 aliphatic rings. The highest BCUT2D eigenvalue weighted by atomic mass is 19.1. The lowest BCUT2D eigenvalue weighted by atomic mass is 10.1. The van der Waals surface area contributed by atoms with Crippen LogP contribution in [0.25, 0.3) is 0 Å². The first-order valence-corrected chi connectivity index (χ1v) is 4.99. The highest BCUT2D eigenvalue weighted by Gasteiger charge is 2.14. The van der Waals surface area contributed by atoms with Gasteiger partial charge in [-0.2, -0.15) is 0 Å². The molecule has 0 aliphatic carbocycles. The van der Waals surface area contributed by atoms with Crippen LogP contribution in [0.1, 0.15) is 19.4 Å². The predicted molar refractivity (Wildman–Crippen MR) is 63.2 cm³/mol. The summed E-state index contributed by atoms with van der Waals surface area (Å²) >= 11 is 0. The van der Waals surface area contributed by atoms with Gasteiger partial charge in [0.05, 0.1) is 11.3 Å². The number of halogens is 1. The summed E-state index contributed by atoms with van der Waals surface area (Å²) in [7, 11) is 0. The van der Waals surface area contributed by atoms with Gasteiger partial charge in [0.15, 0.2) is 5.84 Å². The van der Waals surface area contributed by atoms with Crippen LogP contribution in [-0.2, 0) is 14.4 Å². The zero-order valence-electron chi connectivity index (χ0n) is 9.86. The van der Waals surface area contributed by atoms with Crippen LogP contribution in [0.15, 0.2) is 23.4 Å². The van der Waals surface area contributed by atoms with Gasteiger partial charge in [-0.25, -0.2) is 9.18 Å². The smallest absolute Gasteiger partial charge is 0.332 e. The van der Waals surface area contributed by atoms with Gasteiger partial charge >= 0.3 is 5.97 Å². The van der Waals surface area contributed by atoms with E-state index in [0.717, 1.165) is 13.0 Å². The van der Waals surface area contributed by atoms with E-state index in [9.17, 15) is 14.0 Å². The molecule has 0 aliphatic heterocycles. The van der Waals surface area contributed by atoms with Crippen molar-refractivity contribution in [2.75, 3.05) is 5.32 Å². The molecule has 1 aromatic carbocycles. The molecular weight excluding hydrogens is 241 g/mol. The standard InChI is InChI=1S/C11H12FN3O3/c1-6(16)14-9-5-3-4-8(12)10(9)11(13)15-18-7(2)17/h3-5H,1-2H3,(H2,13,15)(H,14,16). The number of oxime groups is 1. The van der Waals surface area contributed by atoms with Crippen LogP contribution in [0.5, 0.6) is 0 Å². The third kappa shape index (κ3) is 3.55. The second-order valence-electron chi connectivity index (χ2n) is 3.40. The highest BCUT2D eigenvalue weighted by Crippen LogP contribution is 2.18. The Morgan fingerprint density at radius 2 is 2.06 bits per heavy atom. The number of amidine groups is 1. The number of nitrogens with zero attached hydrogens (tertiary/aromatic N) is 1. The maximum absolute atomic E-state index is 13.6. The average molecular weight is 253 g/mol. The summed E-state index contributed by atoms with van der Waals surface area (Å²) < 4.78 is 13.6. The van der Waals surface area contributed by atoms with Gasteiger partial charge in [-0.3, -0.25) is 4.79 Å². The highest BCUT2D eigenvalue weighted by molar-refractivity contribution is 6.05. The van der Waals surface area contributed by atoms with Gasteiger partial charge in [0, 0.05) is 13.8 Å². The largest absolute Gasteiger partial charge is 0.380 e. The van der Waals surface area contributed by atoms with Crippen LogP contribution in [0, 0.1) is 5.82 Å². The van der Waals surface area contributed by atoms with Crippen molar-refractivity contribution in [3.8, 4) is 0 Å². The van der Waals surface area contributed by atoms with E-state index in [0.29, 0.717) is 0 Å². The van der Waals surface area contributed by atoms with Crippen LogP contribution in [0.4, 0.5) is 10.1 Å². The summed E-state index contributed by atoms with van der Waals surface area (Å²) in [6.07, 6.45) is 0. The normalized spacial score (nSPS) is 10.9. The van der Waals surface area contributed by atoms with Gasteiger partial charge in [0.2, 0.25) is 5.91 Å². The first kappa shape index (κ1) is 13.6. The summed E-state index contributed by atoms with van der Waals surface area (Å²) in [5.41, 5.74) is 5.52. The van der Waals surface area contributed by atoms with Crippen molar-refractivity contribution in [1.82, 2.24) is 0 Å². The number of nitrogens with one attached hydrogen (secondary N) is 1. The Kier molecular flexibility index (Phi) is 4.36. The van der Waals surface area contributed by atoms with Gasteiger partial charge in [-0.1, -0.05) is 11.2 Å². The molecule has 6 nitrogen and oxygen atoms in total. The molecule has 0 saturated carbocycles. The van der Waals surface area contributed by atoms with E-state index in [1.807, 2.05) is 0 Å². The third-order valence-corrected chi connectivity index (χ3v) is 1.85. The maximum atomic E-state index is 13.6. The van der Waals surface area contributed by atoms with Gasteiger partial charge in [0.1, 0.15) is 5.82 Å². The Morgan fingerprint density at radius 1 is 1.39 bits per heavy atom. The van der Waals surface area contributed by atoms with Crippen LogP contribution in [0.3, 0.4) is 0 Å². The predicted octanol–water partition coefficient (Wildman–Crippen LogP) is 0.968. The van der Waals surface area contributed by atoms with Gasteiger partial charge < -0.3 is 15.9 Å². The zero-order valence-corrected chi connectivity index (χ0v) is 9.86. The van der Waals surface area contributed by atoms with Crippen molar-refractivity contribution in [3.63, 3.8) is 0 Å². The van der Waals surface area contributed by atoms with Crippen LogP contribution < -0.4 is 11.1 Å². The Morgan fingerprint density at radius 3 is 2.61 bits per heavy atom. The summed E-state index contributed by atoms with van der Waals surface area (Å²) in [5, 5.41) is 5.68. The lowest BCUT2D eigenvalue weighted by Gasteiger charge is -2.09. The molecule has 0 saturated heterocycles.